The molecule has 0 spiro atoms. The van der Waals surface area contributed by atoms with Crippen LogP contribution < -0.4 is 0 Å². The Morgan fingerprint density at radius 2 is 2.05 bits per heavy atom. The second-order valence-corrected chi connectivity index (χ2v) is 6.92. The number of cyclic esters (lactones) is 1. The van der Waals surface area contributed by atoms with Gasteiger partial charge in [-0.1, -0.05) is 0 Å². The highest BCUT2D eigenvalue weighted by Crippen LogP contribution is 2.40. The van der Waals surface area contributed by atoms with Gasteiger partial charge in [0, 0.05) is 6.54 Å². The lowest BCUT2D eigenvalue weighted by Gasteiger charge is -2.43. The molecule has 3 saturated heterocycles. The standard InChI is InChI=1S/C14H22N2O4/c1-8-11-10-6-5-9(7-15(11)12(17)19-8)16(10)13(18)20-14(2,3)4/h8-11H,5-7H2,1-4H3/t8-,9+,10-,11+/m0/s1. The van der Waals surface area contributed by atoms with Crippen LogP contribution >= 0.6 is 0 Å². The van der Waals surface area contributed by atoms with E-state index in [4.69, 9.17) is 9.47 Å². The molecule has 0 N–H and O–H groups in total. The van der Waals surface area contributed by atoms with Crippen molar-refractivity contribution in [3.8, 4) is 0 Å². The molecule has 3 rings (SSSR count). The molecule has 2 bridgehead atoms. The van der Waals surface area contributed by atoms with Crippen LogP contribution in [0.1, 0.15) is 40.5 Å². The normalized spacial score (nSPS) is 35.9. The average molecular weight is 282 g/mol. The summed E-state index contributed by atoms with van der Waals surface area (Å²) in [6, 6.07) is 0.0442. The van der Waals surface area contributed by atoms with E-state index in [1.807, 2.05) is 32.6 Å². The minimum absolute atomic E-state index is 0.0186. The molecule has 6 nitrogen and oxygen atoms in total. The van der Waals surface area contributed by atoms with Crippen LogP contribution in [0.2, 0.25) is 0 Å². The van der Waals surface area contributed by atoms with Crippen molar-refractivity contribution in [1.29, 1.82) is 0 Å². The second kappa shape index (κ2) is 4.27. The van der Waals surface area contributed by atoms with Crippen molar-refractivity contribution in [3.63, 3.8) is 0 Å². The van der Waals surface area contributed by atoms with Crippen LogP contribution in [0.4, 0.5) is 9.59 Å². The van der Waals surface area contributed by atoms with E-state index in [0.29, 0.717) is 6.54 Å². The Bertz CT molecular complexity index is 445. The zero-order valence-electron chi connectivity index (χ0n) is 12.5. The molecule has 3 aliphatic heterocycles. The summed E-state index contributed by atoms with van der Waals surface area (Å²) in [5.74, 6) is 0. The third kappa shape index (κ3) is 2.01. The van der Waals surface area contributed by atoms with Crippen molar-refractivity contribution in [2.45, 2.75) is 70.4 Å². The monoisotopic (exact) mass is 282 g/mol. The number of hydrogen-bond acceptors (Lipinski definition) is 4. The van der Waals surface area contributed by atoms with Crippen LogP contribution in [0.15, 0.2) is 0 Å². The second-order valence-electron chi connectivity index (χ2n) is 6.92. The van der Waals surface area contributed by atoms with Gasteiger partial charge in [-0.05, 0) is 40.5 Å². The molecule has 0 saturated carbocycles. The molecule has 0 aliphatic carbocycles. The average Bonchev–Trinajstić information content (AvgIpc) is 2.75. The lowest BCUT2D eigenvalue weighted by Crippen LogP contribution is -2.62. The van der Waals surface area contributed by atoms with Gasteiger partial charge in [0.15, 0.2) is 0 Å². The topological polar surface area (TPSA) is 59.1 Å². The van der Waals surface area contributed by atoms with Crippen LogP contribution in [0.25, 0.3) is 0 Å². The summed E-state index contributed by atoms with van der Waals surface area (Å²) in [7, 11) is 0. The van der Waals surface area contributed by atoms with E-state index in [1.165, 1.54) is 0 Å². The molecule has 3 aliphatic rings. The molecule has 0 aromatic rings. The van der Waals surface area contributed by atoms with Crippen molar-refractivity contribution < 1.29 is 19.1 Å². The molecule has 0 radical (unpaired) electrons. The predicted octanol–water partition coefficient (Wildman–Crippen LogP) is 1.98. The van der Waals surface area contributed by atoms with Gasteiger partial charge >= 0.3 is 12.2 Å². The Labute approximate surface area is 119 Å². The smallest absolute Gasteiger partial charge is 0.410 e. The number of piperazine rings is 1. The van der Waals surface area contributed by atoms with Gasteiger partial charge in [-0.3, -0.25) is 9.80 Å². The Morgan fingerprint density at radius 3 is 2.70 bits per heavy atom. The van der Waals surface area contributed by atoms with Gasteiger partial charge in [-0.2, -0.15) is 0 Å². The van der Waals surface area contributed by atoms with E-state index in [-0.39, 0.29) is 36.4 Å². The lowest BCUT2D eigenvalue weighted by molar-refractivity contribution is -0.0113. The number of nitrogens with zero attached hydrogens (tertiary/aromatic N) is 2. The first-order chi connectivity index (χ1) is 9.28. The highest BCUT2D eigenvalue weighted by molar-refractivity contribution is 5.74. The summed E-state index contributed by atoms with van der Waals surface area (Å²) >= 11 is 0. The third-order valence-electron chi connectivity index (χ3n) is 4.31. The summed E-state index contributed by atoms with van der Waals surface area (Å²) in [6.07, 6.45) is 1.15. The van der Waals surface area contributed by atoms with Gasteiger partial charge < -0.3 is 9.47 Å². The van der Waals surface area contributed by atoms with Crippen molar-refractivity contribution in [3.05, 3.63) is 0 Å². The number of rotatable bonds is 0. The maximum atomic E-state index is 12.4. The van der Waals surface area contributed by atoms with Gasteiger partial charge in [-0.15, -0.1) is 0 Å². The minimum atomic E-state index is -0.499. The van der Waals surface area contributed by atoms with E-state index in [9.17, 15) is 9.59 Å². The van der Waals surface area contributed by atoms with Crippen LogP contribution in [-0.2, 0) is 9.47 Å². The summed E-state index contributed by atoms with van der Waals surface area (Å²) in [4.78, 5) is 27.8. The number of fused-ring (bicyclic) bond motifs is 4. The molecule has 3 fully saturated rings. The minimum Gasteiger partial charge on any atom is -0.444 e. The first kappa shape index (κ1) is 13.5. The Morgan fingerprint density at radius 1 is 1.35 bits per heavy atom. The number of carbonyl (C=O) groups excluding carboxylic acids is 2. The van der Waals surface area contributed by atoms with E-state index in [1.54, 1.807) is 4.90 Å². The Kier molecular flexibility index (Phi) is 2.88. The van der Waals surface area contributed by atoms with Gasteiger partial charge in [0.2, 0.25) is 0 Å². The fourth-order valence-corrected chi connectivity index (χ4v) is 3.64. The number of hydrogen-bond donors (Lipinski definition) is 0. The van der Waals surface area contributed by atoms with E-state index < -0.39 is 5.60 Å². The van der Waals surface area contributed by atoms with E-state index >= 15 is 0 Å². The molecular formula is C14H22N2O4. The molecule has 20 heavy (non-hydrogen) atoms. The largest absolute Gasteiger partial charge is 0.444 e. The van der Waals surface area contributed by atoms with Gasteiger partial charge in [0.25, 0.3) is 0 Å². The molecule has 3 heterocycles. The zero-order chi connectivity index (χ0) is 14.7. The first-order valence-corrected chi connectivity index (χ1v) is 7.26. The van der Waals surface area contributed by atoms with Gasteiger partial charge in [0.05, 0.1) is 18.1 Å². The molecule has 112 valence electrons. The Hall–Kier alpha value is -1.46. The molecule has 0 aromatic heterocycles. The van der Waals surface area contributed by atoms with Crippen LogP contribution in [0.5, 0.6) is 0 Å². The van der Waals surface area contributed by atoms with Gasteiger partial charge in [0.1, 0.15) is 11.7 Å². The van der Waals surface area contributed by atoms with Crippen molar-refractivity contribution in [2.75, 3.05) is 6.54 Å². The molecule has 0 aromatic carbocycles. The fourth-order valence-electron chi connectivity index (χ4n) is 3.64. The molecule has 4 atom stereocenters. The van der Waals surface area contributed by atoms with Crippen LogP contribution in [0.3, 0.4) is 0 Å². The first-order valence-electron chi connectivity index (χ1n) is 7.26. The summed E-state index contributed by atoms with van der Waals surface area (Å²) < 4.78 is 10.8. The van der Waals surface area contributed by atoms with Gasteiger partial charge in [-0.25, -0.2) is 9.59 Å². The van der Waals surface area contributed by atoms with Crippen molar-refractivity contribution >= 4 is 12.2 Å². The summed E-state index contributed by atoms with van der Waals surface area (Å²) in [5, 5.41) is 0. The summed E-state index contributed by atoms with van der Waals surface area (Å²) in [6.45, 7) is 8.06. The molecule has 6 heteroatoms. The maximum Gasteiger partial charge on any atom is 0.410 e. The quantitative estimate of drug-likeness (QED) is 0.681. The number of carbonyl (C=O) groups is 2. The summed E-state index contributed by atoms with van der Waals surface area (Å²) in [5.41, 5.74) is -0.499. The lowest BCUT2D eigenvalue weighted by atomic mass is 10.00. The molecule has 0 unspecified atom stereocenters. The van der Waals surface area contributed by atoms with Crippen LogP contribution in [0, 0.1) is 0 Å². The van der Waals surface area contributed by atoms with E-state index in [2.05, 4.69) is 0 Å². The number of amides is 2. The third-order valence-corrected chi connectivity index (χ3v) is 4.31. The Balaban J connectivity index is 1.82. The number of ether oxygens (including phenoxy) is 2. The fraction of sp³-hybridized carbons (Fsp3) is 0.857. The molecular weight excluding hydrogens is 260 g/mol. The van der Waals surface area contributed by atoms with Crippen molar-refractivity contribution in [1.82, 2.24) is 9.80 Å². The zero-order valence-corrected chi connectivity index (χ0v) is 12.5. The van der Waals surface area contributed by atoms with Crippen molar-refractivity contribution in [2.24, 2.45) is 0 Å². The highest BCUT2D eigenvalue weighted by atomic mass is 16.6. The predicted molar refractivity (Wildman–Crippen MR) is 71.3 cm³/mol. The SMILES string of the molecule is C[C@@H]1OC(=O)N2C[C@H]3CC[C@@H]([C@@H]12)N3C(=O)OC(C)(C)C. The highest BCUT2D eigenvalue weighted by Gasteiger charge is 2.56. The van der Waals surface area contributed by atoms with Crippen LogP contribution in [-0.4, -0.2) is 58.4 Å². The molecule has 2 amide bonds. The maximum absolute atomic E-state index is 12.4. The van der Waals surface area contributed by atoms with E-state index in [0.717, 1.165) is 12.8 Å².